The van der Waals surface area contributed by atoms with Gasteiger partial charge in [0, 0.05) is 25.6 Å². The number of nitrogens with zero attached hydrogens (tertiary/aromatic N) is 2. The molecule has 0 bridgehead atoms. The van der Waals surface area contributed by atoms with E-state index in [9.17, 15) is 23.2 Å². The summed E-state index contributed by atoms with van der Waals surface area (Å²) in [4.78, 5) is 38.2. The number of anilines is 1. The van der Waals surface area contributed by atoms with E-state index in [2.05, 4.69) is 0 Å². The number of carboxylic acid groups (broad SMARTS) is 1. The van der Waals surface area contributed by atoms with Gasteiger partial charge in [0.15, 0.2) is 6.10 Å². The van der Waals surface area contributed by atoms with Crippen LogP contribution >= 0.6 is 0 Å². The topological polar surface area (TPSA) is 87.2 Å². The monoisotopic (exact) mass is 354 g/mol. The SMILES string of the molecule is O=C(O)[C@H]1CN(C(=O)[C@H]2CC(=O)N(c3ccc(F)cc3F)C2)CCO1. The molecule has 1 N–H and O–H groups in total. The smallest absolute Gasteiger partial charge is 0.334 e. The summed E-state index contributed by atoms with van der Waals surface area (Å²) >= 11 is 0. The first kappa shape index (κ1) is 17.3. The molecule has 2 heterocycles. The van der Waals surface area contributed by atoms with E-state index in [1.165, 1.54) is 4.90 Å². The van der Waals surface area contributed by atoms with E-state index in [4.69, 9.17) is 9.84 Å². The predicted octanol–water partition coefficient (Wildman–Crippen LogP) is 0.630. The lowest BCUT2D eigenvalue weighted by Crippen LogP contribution is -2.50. The quantitative estimate of drug-likeness (QED) is 0.860. The molecule has 2 aliphatic heterocycles. The number of rotatable bonds is 3. The van der Waals surface area contributed by atoms with Crippen molar-refractivity contribution >= 4 is 23.5 Å². The van der Waals surface area contributed by atoms with Crippen LogP contribution in [0.5, 0.6) is 0 Å². The Bertz CT molecular complexity index is 726. The predicted molar refractivity (Wildman–Crippen MR) is 80.8 cm³/mol. The molecule has 2 saturated heterocycles. The van der Waals surface area contributed by atoms with E-state index >= 15 is 0 Å². The van der Waals surface area contributed by atoms with Gasteiger partial charge in [-0.25, -0.2) is 13.6 Å². The number of halogens is 2. The molecule has 2 atom stereocenters. The number of hydrogen-bond donors (Lipinski definition) is 1. The fourth-order valence-corrected chi connectivity index (χ4v) is 3.06. The van der Waals surface area contributed by atoms with E-state index in [0.717, 1.165) is 17.0 Å². The molecule has 0 unspecified atom stereocenters. The van der Waals surface area contributed by atoms with Gasteiger partial charge in [-0.1, -0.05) is 0 Å². The van der Waals surface area contributed by atoms with Crippen molar-refractivity contribution in [3.63, 3.8) is 0 Å². The van der Waals surface area contributed by atoms with Crippen molar-refractivity contribution in [3.8, 4) is 0 Å². The largest absolute Gasteiger partial charge is 0.479 e. The van der Waals surface area contributed by atoms with Crippen molar-refractivity contribution in [2.75, 3.05) is 31.1 Å². The third-order valence-corrected chi connectivity index (χ3v) is 4.33. The van der Waals surface area contributed by atoms with Crippen LogP contribution in [0.2, 0.25) is 0 Å². The lowest BCUT2D eigenvalue weighted by atomic mass is 10.1. The minimum Gasteiger partial charge on any atom is -0.479 e. The normalized spacial score (nSPS) is 23.8. The molecule has 7 nitrogen and oxygen atoms in total. The molecule has 1 aromatic carbocycles. The molecule has 134 valence electrons. The van der Waals surface area contributed by atoms with Gasteiger partial charge in [-0.05, 0) is 12.1 Å². The molecule has 0 radical (unpaired) electrons. The van der Waals surface area contributed by atoms with Crippen LogP contribution in [0.1, 0.15) is 6.42 Å². The number of hydrogen-bond acceptors (Lipinski definition) is 4. The van der Waals surface area contributed by atoms with E-state index in [1.54, 1.807) is 0 Å². The third-order valence-electron chi connectivity index (χ3n) is 4.33. The summed E-state index contributed by atoms with van der Waals surface area (Å²) in [6.45, 7) is 0.205. The van der Waals surface area contributed by atoms with Gasteiger partial charge in [0.1, 0.15) is 11.6 Å². The average Bonchev–Trinajstić information content (AvgIpc) is 2.96. The summed E-state index contributed by atoms with van der Waals surface area (Å²) in [5, 5.41) is 8.99. The Morgan fingerprint density at radius 3 is 2.68 bits per heavy atom. The molecule has 0 spiro atoms. The van der Waals surface area contributed by atoms with Gasteiger partial charge in [-0.2, -0.15) is 0 Å². The zero-order chi connectivity index (χ0) is 18.1. The Kier molecular flexibility index (Phi) is 4.67. The highest BCUT2D eigenvalue weighted by molar-refractivity contribution is 6.00. The lowest BCUT2D eigenvalue weighted by Gasteiger charge is -2.32. The molecule has 2 amide bonds. The molecule has 0 aliphatic carbocycles. The molecule has 2 fully saturated rings. The van der Waals surface area contributed by atoms with Crippen molar-refractivity contribution in [2.24, 2.45) is 5.92 Å². The van der Waals surface area contributed by atoms with Crippen LogP contribution in [0.15, 0.2) is 18.2 Å². The number of ether oxygens (including phenoxy) is 1. The number of carbonyl (C=O) groups is 3. The standard InChI is InChI=1S/C16H16F2N2O5/c17-10-1-2-12(11(18)6-10)20-7-9(5-14(20)21)15(22)19-3-4-25-13(8-19)16(23)24/h1-2,6,9,13H,3-5,7-8H2,(H,23,24)/t9-,13+/m0/s1. The summed E-state index contributed by atoms with van der Waals surface area (Å²) in [5.41, 5.74) is -0.0768. The molecule has 3 rings (SSSR count). The fraction of sp³-hybridized carbons (Fsp3) is 0.438. The van der Waals surface area contributed by atoms with Crippen LogP contribution in [0.4, 0.5) is 14.5 Å². The Hall–Kier alpha value is -2.55. The number of morpholine rings is 1. The number of carboxylic acids is 1. The van der Waals surface area contributed by atoms with E-state index in [1.807, 2.05) is 0 Å². The summed E-state index contributed by atoms with van der Waals surface area (Å²) in [5.74, 6) is -4.30. The molecule has 25 heavy (non-hydrogen) atoms. The molecule has 0 aromatic heterocycles. The number of amides is 2. The molecule has 2 aliphatic rings. The second-order valence-electron chi connectivity index (χ2n) is 5.98. The van der Waals surface area contributed by atoms with Crippen molar-refractivity contribution in [1.29, 1.82) is 0 Å². The maximum Gasteiger partial charge on any atom is 0.334 e. The van der Waals surface area contributed by atoms with Crippen LogP contribution in [-0.2, 0) is 19.1 Å². The first-order valence-electron chi connectivity index (χ1n) is 7.75. The first-order valence-corrected chi connectivity index (χ1v) is 7.75. The van der Waals surface area contributed by atoms with Crippen LogP contribution in [0.25, 0.3) is 0 Å². The Morgan fingerprint density at radius 1 is 1.24 bits per heavy atom. The number of benzene rings is 1. The van der Waals surface area contributed by atoms with Crippen LogP contribution in [-0.4, -0.2) is 60.1 Å². The summed E-state index contributed by atoms with van der Waals surface area (Å²) in [6, 6.07) is 2.88. The summed E-state index contributed by atoms with van der Waals surface area (Å²) < 4.78 is 32.0. The fourth-order valence-electron chi connectivity index (χ4n) is 3.06. The minimum atomic E-state index is -1.16. The lowest BCUT2D eigenvalue weighted by molar-refractivity contribution is -0.160. The third kappa shape index (κ3) is 3.46. The maximum absolute atomic E-state index is 13.9. The average molecular weight is 354 g/mol. The van der Waals surface area contributed by atoms with Gasteiger partial charge in [0.25, 0.3) is 0 Å². The van der Waals surface area contributed by atoms with Gasteiger partial charge >= 0.3 is 5.97 Å². The highest BCUT2D eigenvalue weighted by atomic mass is 19.1. The van der Waals surface area contributed by atoms with Gasteiger partial charge in [0.2, 0.25) is 11.8 Å². The van der Waals surface area contributed by atoms with E-state index in [-0.39, 0.29) is 44.3 Å². The second kappa shape index (κ2) is 6.75. The summed E-state index contributed by atoms with van der Waals surface area (Å²) in [7, 11) is 0. The van der Waals surface area contributed by atoms with Crippen molar-refractivity contribution in [3.05, 3.63) is 29.8 Å². The highest BCUT2D eigenvalue weighted by Gasteiger charge is 2.40. The van der Waals surface area contributed by atoms with Gasteiger partial charge < -0.3 is 19.6 Å². The Labute approximate surface area is 141 Å². The van der Waals surface area contributed by atoms with Gasteiger partial charge in [-0.15, -0.1) is 0 Å². The molecular formula is C16H16F2N2O5. The summed E-state index contributed by atoms with van der Waals surface area (Å²) in [6.07, 6.45) is -1.20. The minimum absolute atomic E-state index is 0.0324. The van der Waals surface area contributed by atoms with Crippen molar-refractivity contribution in [2.45, 2.75) is 12.5 Å². The molecule has 1 aromatic rings. The zero-order valence-electron chi connectivity index (χ0n) is 13.2. The van der Waals surface area contributed by atoms with Crippen molar-refractivity contribution in [1.82, 2.24) is 4.90 Å². The van der Waals surface area contributed by atoms with E-state index in [0.29, 0.717) is 6.07 Å². The molecule has 0 saturated carbocycles. The Balaban J connectivity index is 1.71. The molecular weight excluding hydrogens is 338 g/mol. The molecule has 9 heteroatoms. The second-order valence-corrected chi connectivity index (χ2v) is 5.98. The number of aliphatic carboxylic acids is 1. The van der Waals surface area contributed by atoms with Crippen LogP contribution < -0.4 is 4.90 Å². The van der Waals surface area contributed by atoms with Gasteiger partial charge in [0.05, 0.1) is 24.8 Å². The van der Waals surface area contributed by atoms with Crippen LogP contribution in [0, 0.1) is 17.6 Å². The van der Waals surface area contributed by atoms with E-state index < -0.39 is 35.5 Å². The number of carbonyl (C=O) groups excluding carboxylic acids is 2. The van der Waals surface area contributed by atoms with Gasteiger partial charge in [-0.3, -0.25) is 9.59 Å². The maximum atomic E-state index is 13.9. The first-order chi connectivity index (χ1) is 11.9. The van der Waals surface area contributed by atoms with Crippen LogP contribution in [0.3, 0.4) is 0 Å². The Morgan fingerprint density at radius 2 is 2.00 bits per heavy atom. The van der Waals surface area contributed by atoms with Crippen molar-refractivity contribution < 1.29 is 33.0 Å². The zero-order valence-corrected chi connectivity index (χ0v) is 13.2. The highest BCUT2D eigenvalue weighted by Crippen LogP contribution is 2.29.